The average Bonchev–Trinajstić information content (AvgIpc) is 2.68. The van der Waals surface area contributed by atoms with E-state index in [1.807, 2.05) is 0 Å². The monoisotopic (exact) mass is 466 g/mol. The summed E-state index contributed by atoms with van der Waals surface area (Å²) in [7, 11) is -3.00. The first-order valence-corrected chi connectivity index (χ1v) is 9.95. The van der Waals surface area contributed by atoms with Crippen LogP contribution in [0.1, 0.15) is 16.7 Å². The van der Waals surface area contributed by atoms with Crippen LogP contribution < -0.4 is 15.9 Å². The van der Waals surface area contributed by atoms with Crippen LogP contribution in [-0.4, -0.2) is 0 Å². The Morgan fingerprint density at radius 3 is 0.871 bits per heavy atom. The second-order valence-corrected chi connectivity index (χ2v) is 8.80. The van der Waals surface area contributed by atoms with Crippen LogP contribution in [0.25, 0.3) is 0 Å². The number of rotatable bonds is 3. The fourth-order valence-corrected chi connectivity index (χ4v) is 6.08. The van der Waals surface area contributed by atoms with Crippen molar-refractivity contribution >= 4 is 23.8 Å². The predicted octanol–water partition coefficient (Wildman–Crippen LogP) is 5.62. The minimum absolute atomic E-state index is 0.324. The highest BCUT2D eigenvalue weighted by atomic mass is 31.1. The molecule has 3 aromatic rings. The van der Waals surface area contributed by atoms with Crippen molar-refractivity contribution in [1.29, 1.82) is 0 Å². The molecule has 0 aliphatic heterocycles. The Morgan fingerprint density at radius 2 is 0.645 bits per heavy atom. The summed E-state index contributed by atoms with van der Waals surface area (Å²) < 4.78 is 128. The molecule has 0 aliphatic rings. The van der Waals surface area contributed by atoms with Crippen LogP contribution >= 0.6 is 7.92 Å². The molecule has 0 heterocycles. The molecule has 3 aromatic carbocycles. The first kappa shape index (κ1) is 23.1. The Hall–Kier alpha value is -2.54. The maximum atomic E-state index is 14.9. The smallest absolute Gasteiger partial charge is 0.195 e. The van der Waals surface area contributed by atoms with Gasteiger partial charge in [-0.2, -0.15) is 0 Å². The van der Waals surface area contributed by atoms with Gasteiger partial charge in [-0.1, -0.05) is 0 Å². The molecule has 0 radical (unpaired) electrons. The standard InChI is InChI=1S/C21H12F9P/c1-7-4-10(22)13(25)16(28)19(7)31(20-8(2)5-11(23)14(26)17(20)29)21-9(3)6-12(24)15(27)18(21)30/h4-6H,1-3H3. The quantitative estimate of drug-likeness (QED) is 0.267. The van der Waals surface area contributed by atoms with E-state index in [9.17, 15) is 39.5 Å². The summed E-state index contributed by atoms with van der Waals surface area (Å²) in [6, 6.07) is 1.63. The fourth-order valence-electron chi connectivity index (χ4n) is 3.27. The van der Waals surface area contributed by atoms with Gasteiger partial charge in [0, 0.05) is 15.9 Å². The number of benzene rings is 3. The number of aryl methyl sites for hydroxylation is 3. The van der Waals surface area contributed by atoms with Crippen LogP contribution in [-0.2, 0) is 0 Å². The summed E-state index contributed by atoms with van der Waals surface area (Å²) in [6.07, 6.45) is 0. The molecule has 0 saturated carbocycles. The SMILES string of the molecule is Cc1cc(F)c(F)c(F)c1P(c1c(C)cc(F)c(F)c1F)c1c(C)cc(F)c(F)c1F. The second-order valence-electron chi connectivity index (χ2n) is 6.79. The van der Waals surface area contributed by atoms with Crippen molar-refractivity contribution in [3.05, 3.63) is 87.2 Å². The van der Waals surface area contributed by atoms with E-state index in [-0.39, 0.29) is 16.7 Å². The van der Waals surface area contributed by atoms with Crippen LogP contribution in [0.15, 0.2) is 18.2 Å². The van der Waals surface area contributed by atoms with Gasteiger partial charge in [0.1, 0.15) is 0 Å². The molecule has 0 nitrogen and oxygen atoms in total. The van der Waals surface area contributed by atoms with Gasteiger partial charge in [0.05, 0.1) is 0 Å². The largest absolute Gasteiger partial charge is 0.204 e. The third-order valence-corrected chi connectivity index (χ3v) is 7.64. The Balaban J connectivity index is 2.56. The highest BCUT2D eigenvalue weighted by Crippen LogP contribution is 2.41. The van der Waals surface area contributed by atoms with Crippen LogP contribution in [0.4, 0.5) is 39.5 Å². The van der Waals surface area contributed by atoms with E-state index in [4.69, 9.17) is 0 Å². The topological polar surface area (TPSA) is 0 Å². The minimum Gasteiger partial charge on any atom is -0.204 e. The Bertz CT molecular complexity index is 1070. The van der Waals surface area contributed by atoms with E-state index in [2.05, 4.69) is 0 Å². The van der Waals surface area contributed by atoms with Crippen molar-refractivity contribution in [2.75, 3.05) is 0 Å². The van der Waals surface area contributed by atoms with Gasteiger partial charge in [0.15, 0.2) is 52.4 Å². The van der Waals surface area contributed by atoms with Crippen molar-refractivity contribution in [2.24, 2.45) is 0 Å². The summed E-state index contributed by atoms with van der Waals surface area (Å²) in [5.41, 5.74) is -0.973. The lowest BCUT2D eigenvalue weighted by molar-refractivity contribution is 0.448. The molecule has 0 unspecified atom stereocenters. The third kappa shape index (κ3) is 3.69. The van der Waals surface area contributed by atoms with Gasteiger partial charge in [-0.05, 0) is 63.6 Å². The van der Waals surface area contributed by atoms with Crippen LogP contribution in [0, 0.1) is 73.1 Å². The van der Waals surface area contributed by atoms with E-state index in [0.29, 0.717) is 18.2 Å². The van der Waals surface area contributed by atoms with Crippen LogP contribution in [0.2, 0.25) is 0 Å². The molecule has 0 spiro atoms. The maximum absolute atomic E-state index is 14.9. The Labute approximate surface area is 172 Å². The molecular weight excluding hydrogens is 454 g/mol. The van der Waals surface area contributed by atoms with Gasteiger partial charge in [0.2, 0.25) is 0 Å². The van der Waals surface area contributed by atoms with Gasteiger partial charge < -0.3 is 0 Å². The zero-order valence-corrected chi connectivity index (χ0v) is 17.0. The number of hydrogen-bond donors (Lipinski definition) is 0. The molecule has 0 fully saturated rings. The average molecular weight is 466 g/mol. The summed E-state index contributed by atoms with van der Waals surface area (Å²) >= 11 is 0. The summed E-state index contributed by atoms with van der Waals surface area (Å²) in [5, 5.41) is -2.35. The van der Waals surface area contributed by atoms with Gasteiger partial charge in [-0.15, -0.1) is 0 Å². The molecule has 3 rings (SSSR count). The molecule has 0 amide bonds. The van der Waals surface area contributed by atoms with Crippen molar-refractivity contribution in [3.8, 4) is 0 Å². The first-order chi connectivity index (χ1) is 14.4. The highest BCUT2D eigenvalue weighted by molar-refractivity contribution is 7.80. The summed E-state index contributed by atoms with van der Waals surface area (Å²) in [5.74, 6) is -16.2. The van der Waals surface area contributed by atoms with E-state index < -0.39 is 76.2 Å². The van der Waals surface area contributed by atoms with E-state index >= 15 is 0 Å². The Kier molecular flexibility index (Phi) is 6.11. The van der Waals surface area contributed by atoms with Crippen LogP contribution in [0.5, 0.6) is 0 Å². The molecule has 164 valence electrons. The lowest BCUT2D eigenvalue weighted by atomic mass is 10.2. The van der Waals surface area contributed by atoms with Crippen molar-refractivity contribution in [1.82, 2.24) is 0 Å². The van der Waals surface area contributed by atoms with E-state index in [1.165, 1.54) is 0 Å². The van der Waals surface area contributed by atoms with Gasteiger partial charge in [0.25, 0.3) is 0 Å². The fraction of sp³-hybridized carbons (Fsp3) is 0.143. The zero-order valence-electron chi connectivity index (χ0n) is 16.1. The Morgan fingerprint density at radius 1 is 0.419 bits per heavy atom. The second kappa shape index (κ2) is 8.19. The van der Waals surface area contributed by atoms with Gasteiger partial charge >= 0.3 is 0 Å². The normalized spacial score (nSPS) is 11.5. The predicted molar refractivity (Wildman–Crippen MR) is 99.0 cm³/mol. The lowest BCUT2D eigenvalue weighted by Crippen LogP contribution is -2.33. The van der Waals surface area contributed by atoms with Crippen molar-refractivity contribution in [2.45, 2.75) is 20.8 Å². The van der Waals surface area contributed by atoms with Crippen molar-refractivity contribution < 1.29 is 39.5 Å². The third-order valence-electron chi connectivity index (χ3n) is 4.65. The molecule has 0 saturated heterocycles. The van der Waals surface area contributed by atoms with Crippen molar-refractivity contribution in [3.63, 3.8) is 0 Å². The molecule has 0 aliphatic carbocycles. The molecule has 31 heavy (non-hydrogen) atoms. The highest BCUT2D eigenvalue weighted by Gasteiger charge is 2.35. The lowest BCUT2D eigenvalue weighted by Gasteiger charge is -2.26. The number of hydrogen-bond acceptors (Lipinski definition) is 0. The zero-order chi connectivity index (χ0) is 23.4. The minimum atomic E-state index is -3.00. The molecule has 0 atom stereocenters. The molecule has 0 N–H and O–H groups in total. The maximum Gasteiger partial charge on any atom is 0.195 e. The van der Waals surface area contributed by atoms with E-state index in [0.717, 1.165) is 20.8 Å². The molecule has 10 heteroatoms. The molecular formula is C21H12F9P. The summed E-state index contributed by atoms with van der Waals surface area (Å²) in [6.45, 7) is 3.28. The van der Waals surface area contributed by atoms with Gasteiger partial charge in [-0.3, -0.25) is 0 Å². The molecule has 0 bridgehead atoms. The van der Waals surface area contributed by atoms with Gasteiger partial charge in [-0.25, -0.2) is 39.5 Å². The first-order valence-electron chi connectivity index (χ1n) is 8.60. The van der Waals surface area contributed by atoms with Crippen LogP contribution in [0.3, 0.4) is 0 Å². The summed E-state index contributed by atoms with van der Waals surface area (Å²) in [4.78, 5) is 0. The number of halogens is 9. The van der Waals surface area contributed by atoms with E-state index in [1.54, 1.807) is 0 Å². The molecule has 0 aromatic heterocycles.